The van der Waals surface area contributed by atoms with Gasteiger partial charge in [0.15, 0.2) is 5.82 Å². The molecule has 1 aromatic carbocycles. The van der Waals surface area contributed by atoms with Crippen molar-refractivity contribution in [2.75, 3.05) is 0 Å². The zero-order chi connectivity index (χ0) is 18.6. The molecule has 2 aromatic rings. The Morgan fingerprint density at radius 3 is 2.73 bits per heavy atom. The van der Waals surface area contributed by atoms with E-state index in [0.717, 1.165) is 17.1 Å². The quantitative estimate of drug-likeness (QED) is 0.748. The maximum atomic E-state index is 12.5. The molecule has 9 heteroatoms. The van der Waals surface area contributed by atoms with Crippen LogP contribution in [-0.4, -0.2) is 34.9 Å². The first kappa shape index (κ1) is 18.4. The van der Waals surface area contributed by atoms with E-state index in [1.54, 1.807) is 30.3 Å². The number of carbonyl (C=O) groups is 1. The zero-order valence-electron chi connectivity index (χ0n) is 13.6. The van der Waals surface area contributed by atoms with Crippen molar-refractivity contribution in [3.05, 3.63) is 66.0 Å². The van der Waals surface area contributed by atoms with Crippen LogP contribution in [-0.2, 0) is 21.2 Å². The summed E-state index contributed by atoms with van der Waals surface area (Å²) >= 11 is 0.748. The molecule has 1 aromatic heterocycles. The first-order valence-electron chi connectivity index (χ1n) is 7.92. The molecule has 0 spiro atoms. The molecule has 0 fully saturated rings. The third-order valence-electron chi connectivity index (χ3n) is 3.84. The summed E-state index contributed by atoms with van der Waals surface area (Å²) in [6, 6.07) is 7.55. The van der Waals surface area contributed by atoms with Crippen LogP contribution in [0.4, 0.5) is 0 Å². The molecule has 136 valence electrons. The molecule has 2 N–H and O–H groups in total. The number of hydrogen-bond donors (Lipinski definition) is 2. The molecule has 0 amide bonds. The van der Waals surface area contributed by atoms with Crippen molar-refractivity contribution >= 4 is 27.5 Å². The van der Waals surface area contributed by atoms with Crippen molar-refractivity contribution in [3.63, 3.8) is 0 Å². The molecule has 0 saturated carbocycles. The Balaban J connectivity index is 1.76. The molecule has 1 unspecified atom stereocenters. The van der Waals surface area contributed by atoms with Crippen LogP contribution in [0.3, 0.4) is 0 Å². The maximum Gasteiger partial charge on any atom is 0.322 e. The molecule has 7 nitrogen and oxygen atoms in total. The third kappa shape index (κ3) is 4.43. The van der Waals surface area contributed by atoms with Gasteiger partial charge in [-0.3, -0.25) is 4.79 Å². The molecule has 1 aliphatic rings. The van der Waals surface area contributed by atoms with Gasteiger partial charge in [0, 0.05) is 5.92 Å². The fourth-order valence-corrected chi connectivity index (χ4v) is 4.52. The molecule has 26 heavy (non-hydrogen) atoms. The SMILES string of the molecule is O=C(O)[C@H](Cc1ccccc1)NS(=O)(=O)c1nc(C2C=CC=CC2)ns1. The van der Waals surface area contributed by atoms with Gasteiger partial charge in [-0.25, -0.2) is 13.4 Å². The van der Waals surface area contributed by atoms with E-state index in [9.17, 15) is 18.3 Å². The standard InChI is InChI=1S/C17H17N3O4S2/c21-16(22)14(11-12-7-3-1-4-8-12)20-26(23,24)17-18-15(19-25-17)13-9-5-2-6-10-13/h1-9,13-14,20H,10-11H2,(H,21,22)/t13?,14-/m0/s1. The van der Waals surface area contributed by atoms with Crippen LogP contribution in [0.2, 0.25) is 0 Å². The number of aromatic nitrogens is 2. The molecule has 0 radical (unpaired) electrons. The Bertz CT molecular complexity index is 936. The summed E-state index contributed by atoms with van der Waals surface area (Å²) in [6.45, 7) is 0. The van der Waals surface area contributed by atoms with E-state index < -0.39 is 22.0 Å². The van der Waals surface area contributed by atoms with Crippen molar-refractivity contribution in [2.24, 2.45) is 0 Å². The number of nitrogens with zero attached hydrogens (tertiary/aromatic N) is 2. The maximum absolute atomic E-state index is 12.5. The van der Waals surface area contributed by atoms with Gasteiger partial charge < -0.3 is 5.11 Å². The number of carboxylic acid groups (broad SMARTS) is 1. The van der Waals surface area contributed by atoms with Crippen LogP contribution in [0.5, 0.6) is 0 Å². The molecule has 1 aliphatic carbocycles. The predicted octanol–water partition coefficient (Wildman–Crippen LogP) is 2.11. The van der Waals surface area contributed by atoms with E-state index in [1.165, 1.54) is 0 Å². The van der Waals surface area contributed by atoms with Crippen LogP contribution >= 0.6 is 11.5 Å². The fourth-order valence-electron chi connectivity index (χ4n) is 2.52. The van der Waals surface area contributed by atoms with Crippen molar-refractivity contribution in [1.82, 2.24) is 14.1 Å². The lowest BCUT2D eigenvalue weighted by atomic mass is 10.0. The van der Waals surface area contributed by atoms with Gasteiger partial charge in [0.1, 0.15) is 6.04 Å². The van der Waals surface area contributed by atoms with Crippen LogP contribution in [0.25, 0.3) is 0 Å². The number of carboxylic acids is 1. The van der Waals surface area contributed by atoms with Crippen molar-refractivity contribution < 1.29 is 18.3 Å². The van der Waals surface area contributed by atoms with Crippen LogP contribution < -0.4 is 4.72 Å². The lowest BCUT2D eigenvalue weighted by Crippen LogP contribution is -2.42. The molecule has 0 saturated heterocycles. The van der Waals surface area contributed by atoms with E-state index in [0.29, 0.717) is 12.2 Å². The number of benzene rings is 1. The second-order valence-corrected chi connectivity index (χ2v) is 8.42. The number of sulfonamides is 1. The lowest BCUT2D eigenvalue weighted by molar-refractivity contribution is -0.138. The molecular weight excluding hydrogens is 374 g/mol. The summed E-state index contributed by atoms with van der Waals surface area (Å²) in [4.78, 5) is 15.6. The first-order valence-corrected chi connectivity index (χ1v) is 10.2. The van der Waals surface area contributed by atoms with E-state index in [1.807, 2.05) is 24.3 Å². The monoisotopic (exact) mass is 391 g/mol. The second kappa shape index (κ2) is 7.90. The highest BCUT2D eigenvalue weighted by Gasteiger charge is 2.29. The normalized spacial score (nSPS) is 17.9. The number of rotatable bonds is 7. The number of hydrogen-bond acceptors (Lipinski definition) is 6. The average Bonchev–Trinajstić information content (AvgIpc) is 3.14. The minimum atomic E-state index is -4.07. The number of nitrogens with one attached hydrogen (secondary N) is 1. The Morgan fingerprint density at radius 1 is 1.31 bits per heavy atom. The van der Waals surface area contributed by atoms with E-state index in [2.05, 4.69) is 14.1 Å². The summed E-state index contributed by atoms with van der Waals surface area (Å²) < 4.78 is 31.2. The third-order valence-corrected chi connectivity index (χ3v) is 6.40. The summed E-state index contributed by atoms with van der Waals surface area (Å²) in [5, 5.41) is 9.38. The summed E-state index contributed by atoms with van der Waals surface area (Å²) in [5.41, 5.74) is 0.722. The molecular formula is C17H17N3O4S2. The molecule has 1 heterocycles. The zero-order valence-corrected chi connectivity index (χ0v) is 15.3. The van der Waals surface area contributed by atoms with Gasteiger partial charge in [0.25, 0.3) is 10.0 Å². The minimum absolute atomic E-state index is 0.0389. The topological polar surface area (TPSA) is 109 Å². The van der Waals surface area contributed by atoms with Gasteiger partial charge in [-0.1, -0.05) is 54.6 Å². The Hall–Kier alpha value is -2.36. The summed E-state index contributed by atoms with van der Waals surface area (Å²) in [5.74, 6) is -0.895. The Kier molecular flexibility index (Phi) is 5.60. The van der Waals surface area contributed by atoms with E-state index in [4.69, 9.17) is 0 Å². The first-order chi connectivity index (χ1) is 12.5. The lowest BCUT2D eigenvalue weighted by Gasteiger charge is -2.13. The molecule has 3 rings (SSSR count). The molecule has 0 bridgehead atoms. The average molecular weight is 391 g/mol. The van der Waals surface area contributed by atoms with Gasteiger partial charge in [-0.2, -0.15) is 9.10 Å². The van der Waals surface area contributed by atoms with E-state index in [-0.39, 0.29) is 16.7 Å². The minimum Gasteiger partial charge on any atom is -0.480 e. The Labute approximate surface area is 155 Å². The highest BCUT2D eigenvalue weighted by molar-refractivity contribution is 7.91. The predicted molar refractivity (Wildman–Crippen MR) is 97.4 cm³/mol. The highest BCUT2D eigenvalue weighted by Crippen LogP contribution is 2.25. The van der Waals surface area contributed by atoms with Gasteiger partial charge >= 0.3 is 5.97 Å². The largest absolute Gasteiger partial charge is 0.480 e. The van der Waals surface area contributed by atoms with E-state index >= 15 is 0 Å². The fraction of sp³-hybridized carbons (Fsp3) is 0.235. The molecule has 2 atom stereocenters. The summed E-state index contributed by atoms with van der Waals surface area (Å²) in [6.07, 6.45) is 8.37. The van der Waals surface area contributed by atoms with Gasteiger partial charge in [-0.05, 0) is 29.9 Å². The molecule has 0 aliphatic heterocycles. The van der Waals surface area contributed by atoms with Crippen LogP contribution in [0.1, 0.15) is 23.7 Å². The highest BCUT2D eigenvalue weighted by atomic mass is 32.2. The van der Waals surface area contributed by atoms with Gasteiger partial charge in [0.2, 0.25) is 4.34 Å². The Morgan fingerprint density at radius 2 is 2.08 bits per heavy atom. The van der Waals surface area contributed by atoms with Crippen molar-refractivity contribution in [2.45, 2.75) is 29.1 Å². The van der Waals surface area contributed by atoms with Crippen molar-refractivity contribution in [3.8, 4) is 0 Å². The number of allylic oxidation sites excluding steroid dienone is 4. The van der Waals surface area contributed by atoms with Crippen LogP contribution in [0, 0.1) is 0 Å². The van der Waals surface area contributed by atoms with Crippen molar-refractivity contribution in [1.29, 1.82) is 0 Å². The smallest absolute Gasteiger partial charge is 0.322 e. The second-order valence-electron chi connectivity index (χ2n) is 5.78. The van der Waals surface area contributed by atoms with Gasteiger partial charge in [0.05, 0.1) is 0 Å². The van der Waals surface area contributed by atoms with Gasteiger partial charge in [-0.15, -0.1) is 0 Å². The summed E-state index contributed by atoms with van der Waals surface area (Å²) in [7, 11) is -4.07. The van der Waals surface area contributed by atoms with Crippen LogP contribution in [0.15, 0.2) is 59.0 Å². The number of aliphatic carboxylic acids is 1.